The molecule has 3 N–H and O–H groups in total. The Morgan fingerprint density at radius 1 is 1.00 bits per heavy atom. The number of carboxylic acids is 1. The number of furan rings is 1. The molecule has 3 aromatic rings. The van der Waals surface area contributed by atoms with E-state index >= 15 is 0 Å². The Morgan fingerprint density at radius 2 is 1.72 bits per heavy atom. The van der Waals surface area contributed by atoms with Crippen LogP contribution in [0.4, 0.5) is 10.1 Å². The number of carboxylic acid groups (broad SMARTS) is 1. The highest BCUT2D eigenvalue weighted by atomic mass is 19.1. The Morgan fingerprint density at radius 3 is 2.40 bits per heavy atom. The minimum absolute atomic E-state index is 0.00396. The van der Waals surface area contributed by atoms with Crippen molar-refractivity contribution in [2.24, 2.45) is 0 Å². The van der Waals surface area contributed by atoms with Crippen molar-refractivity contribution >= 4 is 17.6 Å². The number of carbonyl (C=O) groups excluding carboxylic acids is 1. The first-order valence-corrected chi connectivity index (χ1v) is 7.17. The second kappa shape index (κ2) is 6.48. The lowest BCUT2D eigenvalue weighted by molar-refractivity contribution is 0.0693. The molecule has 1 aromatic heterocycles. The van der Waals surface area contributed by atoms with E-state index in [0.29, 0.717) is 11.3 Å². The number of nitrogens with one attached hydrogen (secondary N) is 1. The molecule has 0 fully saturated rings. The van der Waals surface area contributed by atoms with Gasteiger partial charge in [-0.1, -0.05) is 0 Å². The summed E-state index contributed by atoms with van der Waals surface area (Å²) in [6.45, 7) is 0. The lowest BCUT2D eigenvalue weighted by Gasteiger charge is -2.06. The summed E-state index contributed by atoms with van der Waals surface area (Å²) in [5.74, 6) is -2.29. The molecule has 1 heterocycles. The second-order valence-electron chi connectivity index (χ2n) is 5.16. The summed E-state index contributed by atoms with van der Waals surface area (Å²) < 4.78 is 18.4. The molecule has 0 radical (unpaired) electrons. The lowest BCUT2D eigenvalue weighted by Crippen LogP contribution is -2.11. The van der Waals surface area contributed by atoms with Gasteiger partial charge in [0.1, 0.15) is 22.9 Å². The number of aromatic carboxylic acids is 1. The van der Waals surface area contributed by atoms with E-state index in [9.17, 15) is 19.1 Å². The first kappa shape index (κ1) is 16.3. The third-order valence-corrected chi connectivity index (χ3v) is 3.44. The van der Waals surface area contributed by atoms with Gasteiger partial charge in [-0.05, 0) is 54.6 Å². The monoisotopic (exact) mass is 341 g/mol. The fraction of sp³-hybridized carbons (Fsp3) is 0. The van der Waals surface area contributed by atoms with Crippen molar-refractivity contribution < 1.29 is 28.6 Å². The van der Waals surface area contributed by atoms with Crippen molar-refractivity contribution in [2.45, 2.75) is 0 Å². The van der Waals surface area contributed by atoms with Crippen LogP contribution in [0.1, 0.15) is 20.9 Å². The quantitative estimate of drug-likeness (QED) is 0.628. The van der Waals surface area contributed by atoms with E-state index in [4.69, 9.17) is 9.52 Å². The standard InChI is InChI=1S/C18H12FNO5/c19-11-3-1-10(2-4-11)15-7-8-16(25-15)17(22)20-12-5-6-14(21)13(9-12)18(23)24/h1-9,21H,(H,20,22)(H,23,24). The number of rotatable bonds is 4. The Balaban J connectivity index is 1.79. The van der Waals surface area contributed by atoms with Gasteiger partial charge in [0, 0.05) is 11.3 Å². The molecular formula is C18H12FNO5. The van der Waals surface area contributed by atoms with Crippen LogP contribution in [0.2, 0.25) is 0 Å². The molecule has 0 bridgehead atoms. The molecule has 0 unspecified atom stereocenters. The van der Waals surface area contributed by atoms with Gasteiger partial charge in [0.25, 0.3) is 5.91 Å². The minimum Gasteiger partial charge on any atom is -0.507 e. The predicted octanol–water partition coefficient (Wildman–Crippen LogP) is 3.74. The van der Waals surface area contributed by atoms with Crippen molar-refractivity contribution in [1.29, 1.82) is 0 Å². The minimum atomic E-state index is -1.31. The molecule has 0 aliphatic carbocycles. The van der Waals surface area contributed by atoms with Crippen LogP contribution in [0.5, 0.6) is 5.75 Å². The van der Waals surface area contributed by atoms with Crippen LogP contribution < -0.4 is 5.32 Å². The van der Waals surface area contributed by atoms with Crippen molar-refractivity contribution in [3.05, 3.63) is 71.7 Å². The molecule has 0 saturated heterocycles. The van der Waals surface area contributed by atoms with Gasteiger partial charge in [-0.2, -0.15) is 0 Å². The number of phenols is 1. The van der Waals surface area contributed by atoms with E-state index in [0.717, 1.165) is 6.07 Å². The molecule has 6 nitrogen and oxygen atoms in total. The maximum Gasteiger partial charge on any atom is 0.339 e. The zero-order valence-electron chi connectivity index (χ0n) is 12.7. The molecule has 25 heavy (non-hydrogen) atoms. The molecular weight excluding hydrogens is 329 g/mol. The molecule has 0 aliphatic rings. The SMILES string of the molecule is O=C(Nc1ccc(O)c(C(=O)O)c1)c1ccc(-c2ccc(F)cc2)o1. The smallest absolute Gasteiger partial charge is 0.339 e. The Hall–Kier alpha value is -3.61. The van der Waals surface area contributed by atoms with Gasteiger partial charge >= 0.3 is 5.97 Å². The fourth-order valence-electron chi connectivity index (χ4n) is 2.21. The molecule has 1 amide bonds. The summed E-state index contributed by atoms with van der Waals surface area (Å²) in [5, 5.41) is 20.9. The largest absolute Gasteiger partial charge is 0.507 e. The van der Waals surface area contributed by atoms with Crippen LogP contribution >= 0.6 is 0 Å². The zero-order valence-corrected chi connectivity index (χ0v) is 12.7. The average Bonchev–Trinajstić information content (AvgIpc) is 3.07. The zero-order chi connectivity index (χ0) is 18.0. The average molecular weight is 341 g/mol. The number of hydrogen-bond donors (Lipinski definition) is 3. The number of carbonyl (C=O) groups is 2. The normalized spacial score (nSPS) is 10.4. The third kappa shape index (κ3) is 3.50. The van der Waals surface area contributed by atoms with Crippen LogP contribution in [0, 0.1) is 5.82 Å². The van der Waals surface area contributed by atoms with Crippen LogP contribution in [-0.4, -0.2) is 22.1 Å². The first-order valence-electron chi connectivity index (χ1n) is 7.17. The summed E-state index contributed by atoms with van der Waals surface area (Å²) in [6, 6.07) is 12.3. The Kier molecular flexibility index (Phi) is 4.21. The maximum absolute atomic E-state index is 12.9. The van der Waals surface area contributed by atoms with Gasteiger partial charge < -0.3 is 19.9 Å². The number of halogens is 1. The Bertz CT molecular complexity index is 946. The maximum atomic E-state index is 12.9. The van der Waals surface area contributed by atoms with Gasteiger partial charge in [0.2, 0.25) is 0 Å². The molecule has 0 aliphatic heterocycles. The van der Waals surface area contributed by atoms with Gasteiger partial charge in [0.05, 0.1) is 0 Å². The molecule has 3 rings (SSSR count). The van der Waals surface area contributed by atoms with Crippen molar-refractivity contribution in [3.8, 4) is 17.1 Å². The van der Waals surface area contributed by atoms with E-state index < -0.39 is 17.6 Å². The van der Waals surface area contributed by atoms with Gasteiger partial charge in [-0.3, -0.25) is 4.79 Å². The van der Waals surface area contributed by atoms with E-state index in [1.807, 2.05) is 0 Å². The Labute approximate surface area is 141 Å². The molecule has 126 valence electrons. The summed E-state index contributed by atoms with van der Waals surface area (Å²) >= 11 is 0. The molecule has 2 aromatic carbocycles. The van der Waals surface area contributed by atoms with Gasteiger partial charge in [-0.15, -0.1) is 0 Å². The van der Waals surface area contributed by atoms with Gasteiger partial charge in [-0.25, -0.2) is 9.18 Å². The van der Waals surface area contributed by atoms with E-state index in [-0.39, 0.29) is 22.8 Å². The van der Waals surface area contributed by atoms with E-state index in [1.165, 1.54) is 42.5 Å². The third-order valence-electron chi connectivity index (χ3n) is 3.44. The predicted molar refractivity (Wildman–Crippen MR) is 87.1 cm³/mol. The summed E-state index contributed by atoms with van der Waals surface area (Å²) in [7, 11) is 0. The number of anilines is 1. The summed E-state index contributed by atoms with van der Waals surface area (Å²) in [4.78, 5) is 23.2. The molecule has 0 saturated carbocycles. The summed E-state index contributed by atoms with van der Waals surface area (Å²) in [5.41, 5.74) is 0.474. The number of aromatic hydroxyl groups is 1. The van der Waals surface area contributed by atoms with Gasteiger partial charge in [0.15, 0.2) is 5.76 Å². The van der Waals surface area contributed by atoms with E-state index in [1.54, 1.807) is 6.07 Å². The number of amides is 1. The highest BCUT2D eigenvalue weighted by Gasteiger charge is 2.15. The van der Waals surface area contributed by atoms with Crippen molar-refractivity contribution in [2.75, 3.05) is 5.32 Å². The van der Waals surface area contributed by atoms with Crippen LogP contribution in [0.25, 0.3) is 11.3 Å². The lowest BCUT2D eigenvalue weighted by atomic mass is 10.1. The fourth-order valence-corrected chi connectivity index (χ4v) is 2.21. The van der Waals surface area contributed by atoms with Crippen molar-refractivity contribution in [3.63, 3.8) is 0 Å². The van der Waals surface area contributed by atoms with Crippen LogP contribution in [0.15, 0.2) is 59.0 Å². The summed E-state index contributed by atoms with van der Waals surface area (Å²) in [6.07, 6.45) is 0. The van der Waals surface area contributed by atoms with Crippen LogP contribution in [-0.2, 0) is 0 Å². The number of benzene rings is 2. The van der Waals surface area contributed by atoms with E-state index in [2.05, 4.69) is 5.32 Å². The number of hydrogen-bond acceptors (Lipinski definition) is 4. The molecule has 0 atom stereocenters. The van der Waals surface area contributed by atoms with Crippen molar-refractivity contribution in [1.82, 2.24) is 0 Å². The second-order valence-corrected chi connectivity index (χ2v) is 5.16. The topological polar surface area (TPSA) is 99.8 Å². The highest BCUT2D eigenvalue weighted by molar-refractivity contribution is 6.03. The molecule has 7 heteroatoms. The first-order chi connectivity index (χ1) is 11.9. The molecule has 0 spiro atoms. The van der Waals surface area contributed by atoms with Crippen LogP contribution in [0.3, 0.4) is 0 Å². The highest BCUT2D eigenvalue weighted by Crippen LogP contribution is 2.24.